The summed E-state index contributed by atoms with van der Waals surface area (Å²) >= 11 is 1.65. The van der Waals surface area contributed by atoms with E-state index >= 15 is 0 Å². The highest BCUT2D eigenvalue weighted by atomic mass is 32.1. The van der Waals surface area contributed by atoms with Crippen LogP contribution in [0.3, 0.4) is 0 Å². The molecule has 0 saturated heterocycles. The van der Waals surface area contributed by atoms with Crippen LogP contribution in [0.5, 0.6) is 0 Å². The molecule has 0 fully saturated rings. The van der Waals surface area contributed by atoms with Crippen LogP contribution in [0.1, 0.15) is 22.8 Å². The lowest BCUT2D eigenvalue weighted by Gasteiger charge is -2.24. The fourth-order valence-corrected chi connectivity index (χ4v) is 4.18. The van der Waals surface area contributed by atoms with Gasteiger partial charge in [-0.1, -0.05) is 42.5 Å². The molecule has 1 aromatic heterocycles. The number of carbonyl (C=O) groups is 1. The number of halogens is 1. The van der Waals surface area contributed by atoms with Crippen LogP contribution in [0.2, 0.25) is 0 Å². The molecule has 1 aliphatic rings. The molecule has 1 N–H and O–H groups in total. The number of carbonyl (C=O) groups excluding carboxylic acids is 1. The minimum atomic E-state index is -0.259. The zero-order valence-electron chi connectivity index (χ0n) is 12.3. The van der Waals surface area contributed by atoms with E-state index in [1.165, 1.54) is 12.1 Å². The van der Waals surface area contributed by atoms with Crippen molar-refractivity contribution < 1.29 is 9.18 Å². The lowest BCUT2D eigenvalue weighted by Crippen LogP contribution is -2.22. The van der Waals surface area contributed by atoms with Gasteiger partial charge in [-0.2, -0.15) is 0 Å². The average Bonchev–Trinajstić information content (AvgIpc) is 2.99. The van der Waals surface area contributed by atoms with Gasteiger partial charge in [0, 0.05) is 28.2 Å². The van der Waals surface area contributed by atoms with Crippen molar-refractivity contribution in [2.45, 2.75) is 12.3 Å². The van der Waals surface area contributed by atoms with Crippen molar-refractivity contribution in [2.75, 3.05) is 5.32 Å². The normalized spacial score (nSPS) is 16.7. The standard InChI is InChI=1S/C19H14FNOS/c20-14-8-6-13(7-9-14)15-10-17(22)21-18-16(11-23-19(15)18)12-4-2-1-3-5-12/h1-9,11,15H,10H2,(H,21,22)/t15-/m1/s1. The van der Waals surface area contributed by atoms with Crippen LogP contribution in [-0.4, -0.2) is 5.91 Å². The molecule has 0 aliphatic carbocycles. The average molecular weight is 323 g/mol. The molecule has 1 amide bonds. The summed E-state index contributed by atoms with van der Waals surface area (Å²) in [6.07, 6.45) is 0.396. The van der Waals surface area contributed by atoms with Crippen molar-refractivity contribution in [1.29, 1.82) is 0 Å². The van der Waals surface area contributed by atoms with E-state index in [2.05, 4.69) is 10.7 Å². The molecule has 0 radical (unpaired) electrons. The quantitative estimate of drug-likeness (QED) is 0.704. The van der Waals surface area contributed by atoms with E-state index in [0.29, 0.717) is 6.42 Å². The molecule has 1 aliphatic heterocycles. The van der Waals surface area contributed by atoms with Gasteiger partial charge in [-0.05, 0) is 23.3 Å². The van der Waals surface area contributed by atoms with Crippen LogP contribution in [0.4, 0.5) is 10.1 Å². The molecule has 4 rings (SSSR count). The van der Waals surface area contributed by atoms with Crippen molar-refractivity contribution in [3.05, 3.63) is 76.2 Å². The summed E-state index contributed by atoms with van der Waals surface area (Å²) in [6.45, 7) is 0. The van der Waals surface area contributed by atoms with Gasteiger partial charge in [-0.15, -0.1) is 11.3 Å². The first-order valence-corrected chi connectivity index (χ1v) is 8.32. The monoisotopic (exact) mass is 323 g/mol. The largest absolute Gasteiger partial charge is 0.325 e. The van der Waals surface area contributed by atoms with Crippen molar-refractivity contribution >= 4 is 22.9 Å². The van der Waals surface area contributed by atoms with Gasteiger partial charge in [0.1, 0.15) is 5.82 Å². The molecule has 2 nitrogen and oxygen atoms in total. The first-order chi connectivity index (χ1) is 11.2. The number of nitrogens with one attached hydrogen (secondary N) is 1. The van der Waals surface area contributed by atoms with Gasteiger partial charge < -0.3 is 5.32 Å². The molecule has 0 unspecified atom stereocenters. The highest BCUT2D eigenvalue weighted by Gasteiger charge is 2.30. The van der Waals surface area contributed by atoms with Crippen LogP contribution in [0, 0.1) is 5.82 Å². The van der Waals surface area contributed by atoms with Crippen molar-refractivity contribution in [3.8, 4) is 11.1 Å². The fraction of sp³-hybridized carbons (Fsp3) is 0.105. The van der Waals surface area contributed by atoms with Crippen molar-refractivity contribution in [2.24, 2.45) is 0 Å². The molecule has 0 spiro atoms. The molecular formula is C19H14FNOS. The minimum absolute atomic E-state index is 0.00223. The first-order valence-electron chi connectivity index (χ1n) is 7.44. The van der Waals surface area contributed by atoms with Crippen molar-refractivity contribution in [3.63, 3.8) is 0 Å². The third kappa shape index (κ3) is 2.55. The van der Waals surface area contributed by atoms with Crippen LogP contribution < -0.4 is 5.32 Å². The number of anilines is 1. The van der Waals surface area contributed by atoms with E-state index in [1.807, 2.05) is 30.3 Å². The lowest BCUT2D eigenvalue weighted by molar-refractivity contribution is -0.116. The second-order valence-corrected chi connectivity index (χ2v) is 6.52. The number of benzene rings is 2. The lowest BCUT2D eigenvalue weighted by atomic mass is 9.89. The second kappa shape index (κ2) is 5.63. The van der Waals surface area contributed by atoms with Gasteiger partial charge >= 0.3 is 0 Å². The summed E-state index contributed by atoms with van der Waals surface area (Å²) < 4.78 is 13.2. The van der Waals surface area contributed by atoms with E-state index in [1.54, 1.807) is 23.5 Å². The second-order valence-electron chi connectivity index (χ2n) is 5.61. The number of amides is 1. The van der Waals surface area contributed by atoms with Gasteiger partial charge in [-0.3, -0.25) is 4.79 Å². The Hall–Kier alpha value is -2.46. The molecule has 23 heavy (non-hydrogen) atoms. The Bertz CT molecular complexity index is 855. The summed E-state index contributed by atoms with van der Waals surface area (Å²) in [5, 5.41) is 5.10. The van der Waals surface area contributed by atoms with E-state index in [4.69, 9.17) is 0 Å². The Morgan fingerprint density at radius 2 is 1.78 bits per heavy atom. The van der Waals surface area contributed by atoms with Gasteiger partial charge in [-0.25, -0.2) is 4.39 Å². The van der Waals surface area contributed by atoms with Crippen LogP contribution in [0.25, 0.3) is 11.1 Å². The molecular weight excluding hydrogens is 309 g/mol. The van der Waals surface area contributed by atoms with E-state index in [0.717, 1.165) is 27.3 Å². The molecule has 1 atom stereocenters. The number of thiophene rings is 1. The third-order valence-electron chi connectivity index (χ3n) is 4.15. The molecule has 2 aromatic carbocycles. The highest BCUT2D eigenvalue weighted by Crippen LogP contribution is 2.46. The van der Waals surface area contributed by atoms with E-state index in [-0.39, 0.29) is 17.6 Å². The third-order valence-corrected chi connectivity index (χ3v) is 5.24. The first kappa shape index (κ1) is 14.2. The van der Waals surface area contributed by atoms with Gasteiger partial charge in [0.15, 0.2) is 0 Å². The molecule has 114 valence electrons. The maximum absolute atomic E-state index is 13.2. The molecule has 2 heterocycles. The SMILES string of the molecule is O=C1C[C@H](c2ccc(F)cc2)c2scc(-c3ccccc3)c2N1. The predicted octanol–water partition coefficient (Wildman–Crippen LogP) is 5.03. The van der Waals surface area contributed by atoms with Crippen molar-refractivity contribution in [1.82, 2.24) is 0 Å². The van der Waals surface area contributed by atoms with E-state index in [9.17, 15) is 9.18 Å². The van der Waals surface area contributed by atoms with Gasteiger partial charge in [0.25, 0.3) is 0 Å². The Kier molecular flexibility index (Phi) is 3.46. The summed E-state index contributed by atoms with van der Waals surface area (Å²) in [5.74, 6) is -0.269. The minimum Gasteiger partial charge on any atom is -0.325 e. The topological polar surface area (TPSA) is 29.1 Å². The molecule has 0 saturated carbocycles. The Morgan fingerprint density at radius 3 is 2.52 bits per heavy atom. The number of hydrogen-bond acceptors (Lipinski definition) is 2. The zero-order valence-corrected chi connectivity index (χ0v) is 13.1. The fourth-order valence-electron chi connectivity index (χ4n) is 3.02. The van der Waals surface area contributed by atoms with Gasteiger partial charge in [0.05, 0.1) is 5.69 Å². The summed E-state index contributed by atoms with van der Waals surface area (Å²) in [6, 6.07) is 16.5. The molecule has 4 heteroatoms. The van der Waals surface area contributed by atoms with Crippen LogP contribution >= 0.6 is 11.3 Å². The summed E-state index contributed by atoms with van der Waals surface area (Å²) in [7, 11) is 0. The summed E-state index contributed by atoms with van der Waals surface area (Å²) in [4.78, 5) is 13.3. The number of fused-ring (bicyclic) bond motifs is 1. The predicted molar refractivity (Wildman–Crippen MR) is 91.2 cm³/mol. The van der Waals surface area contributed by atoms with Gasteiger partial charge in [0.2, 0.25) is 5.91 Å². The maximum atomic E-state index is 13.2. The highest BCUT2D eigenvalue weighted by molar-refractivity contribution is 7.11. The zero-order chi connectivity index (χ0) is 15.8. The Labute approximate surface area is 137 Å². The number of rotatable bonds is 2. The van der Waals surface area contributed by atoms with E-state index < -0.39 is 0 Å². The Morgan fingerprint density at radius 1 is 1.04 bits per heavy atom. The summed E-state index contributed by atoms with van der Waals surface area (Å²) in [5.41, 5.74) is 4.01. The number of hydrogen-bond donors (Lipinski definition) is 1. The smallest absolute Gasteiger partial charge is 0.225 e. The molecule has 0 bridgehead atoms. The maximum Gasteiger partial charge on any atom is 0.225 e. The van der Waals surface area contributed by atoms with Crippen LogP contribution in [-0.2, 0) is 4.79 Å². The molecule has 3 aromatic rings. The Balaban J connectivity index is 1.81. The van der Waals surface area contributed by atoms with Crippen LogP contribution in [0.15, 0.2) is 60.0 Å².